The average Bonchev–Trinajstić information content (AvgIpc) is 2.17. The summed E-state index contributed by atoms with van der Waals surface area (Å²) in [5.74, 6) is -0.339. The molecule has 1 N–H and O–H groups in total. The predicted octanol–water partition coefficient (Wildman–Crippen LogP) is 2.86. The molecule has 0 fully saturated rings. The average molecular weight is 203 g/mol. The quantitative estimate of drug-likeness (QED) is 0.562. The van der Waals surface area contributed by atoms with E-state index in [0.717, 1.165) is 5.69 Å². The van der Waals surface area contributed by atoms with E-state index in [1.165, 1.54) is 12.1 Å². The lowest BCUT2D eigenvalue weighted by Crippen LogP contribution is -1.85. The molecule has 0 atom stereocenters. The van der Waals surface area contributed by atoms with Gasteiger partial charge in [0.25, 0.3) is 0 Å². The molecule has 0 radical (unpaired) electrons. The summed E-state index contributed by atoms with van der Waals surface area (Å²) in [5, 5.41) is 4.35. The fourth-order valence-corrected chi connectivity index (χ4v) is 1.45. The molecule has 0 amide bonds. The molecule has 0 saturated heterocycles. The minimum Gasteiger partial charge on any atom is -0.253 e. The molecule has 2 rings (SSSR count). The molecule has 0 aliphatic carbocycles. The summed E-state index contributed by atoms with van der Waals surface area (Å²) >= 11 is 0. The molecular formula is C10H8FN4+. The standard InChI is InChI=1S/C10H8FN4/c1-6-4-10(14-15-12)8-3-2-7(11)5-9(8)13-6/h2-5,12H,1H3/q+1. The fraction of sp³-hybridized carbons (Fsp3) is 0.100. The molecule has 0 spiro atoms. The molecule has 5 heteroatoms. The first-order valence-corrected chi connectivity index (χ1v) is 4.35. The van der Waals surface area contributed by atoms with E-state index in [0.29, 0.717) is 16.6 Å². The maximum atomic E-state index is 13.0. The van der Waals surface area contributed by atoms with Gasteiger partial charge in [-0.2, -0.15) is 0 Å². The molecule has 0 aliphatic rings. The Labute approximate surface area is 85.0 Å². The summed E-state index contributed by atoms with van der Waals surface area (Å²) in [4.78, 5) is 7.15. The van der Waals surface area contributed by atoms with Crippen LogP contribution in [0.3, 0.4) is 0 Å². The lowest BCUT2D eigenvalue weighted by Gasteiger charge is -1.99. The topological polar surface area (TPSA) is 63.2 Å². The molecule has 0 bridgehead atoms. The van der Waals surface area contributed by atoms with Crippen LogP contribution in [0.25, 0.3) is 10.9 Å². The van der Waals surface area contributed by atoms with Crippen molar-refractivity contribution < 1.29 is 4.39 Å². The van der Waals surface area contributed by atoms with Crippen LogP contribution in [0.5, 0.6) is 0 Å². The number of pyridine rings is 1. The second-order valence-electron chi connectivity index (χ2n) is 3.14. The zero-order valence-electron chi connectivity index (χ0n) is 8.03. The van der Waals surface area contributed by atoms with Crippen molar-refractivity contribution in [2.75, 3.05) is 0 Å². The minimum atomic E-state index is -0.339. The van der Waals surface area contributed by atoms with Crippen molar-refractivity contribution in [2.45, 2.75) is 6.92 Å². The van der Waals surface area contributed by atoms with Gasteiger partial charge in [-0.3, -0.25) is 4.98 Å². The van der Waals surface area contributed by atoms with Crippen molar-refractivity contribution in [3.8, 4) is 0 Å². The molecule has 0 aliphatic heterocycles. The molecule has 0 saturated carbocycles. The number of hydrogen-bond acceptors (Lipinski definition) is 3. The number of aryl methyl sites for hydroxylation is 1. The first-order chi connectivity index (χ1) is 7.20. The first kappa shape index (κ1) is 9.43. The number of hydrogen-bond donors (Lipinski definition) is 1. The Balaban J connectivity index is 2.85. The third-order valence-corrected chi connectivity index (χ3v) is 2.04. The Morgan fingerprint density at radius 2 is 2.20 bits per heavy atom. The minimum absolute atomic E-state index is 0.339. The summed E-state index contributed by atoms with van der Waals surface area (Å²) in [5.41, 5.74) is 8.47. The number of aromatic nitrogens is 1. The smallest absolute Gasteiger partial charge is 0.220 e. The van der Waals surface area contributed by atoms with Gasteiger partial charge in [0.2, 0.25) is 4.91 Å². The van der Waals surface area contributed by atoms with Gasteiger partial charge in [0, 0.05) is 17.1 Å². The SMILES string of the molecule is Cc1cc(N=[N+]=N)c2ccc(F)cc2n1. The van der Waals surface area contributed by atoms with Crippen molar-refractivity contribution in [1.82, 2.24) is 9.90 Å². The lowest BCUT2D eigenvalue weighted by atomic mass is 10.1. The van der Waals surface area contributed by atoms with E-state index in [-0.39, 0.29) is 5.82 Å². The van der Waals surface area contributed by atoms with Crippen molar-refractivity contribution in [1.29, 1.82) is 5.53 Å². The number of fused-ring (bicyclic) bond motifs is 1. The Morgan fingerprint density at radius 3 is 2.93 bits per heavy atom. The second kappa shape index (κ2) is 3.55. The van der Waals surface area contributed by atoms with E-state index in [2.05, 4.69) is 15.0 Å². The maximum absolute atomic E-state index is 13.0. The van der Waals surface area contributed by atoms with Crippen LogP contribution < -0.4 is 4.91 Å². The Bertz CT molecular complexity index is 568. The number of nitrogens with zero attached hydrogens (tertiary/aromatic N) is 3. The van der Waals surface area contributed by atoms with Crippen LogP contribution in [-0.4, -0.2) is 4.98 Å². The van der Waals surface area contributed by atoms with Crippen molar-refractivity contribution in [3.63, 3.8) is 0 Å². The van der Waals surface area contributed by atoms with Crippen molar-refractivity contribution in [2.24, 2.45) is 5.11 Å². The summed E-state index contributed by atoms with van der Waals surface area (Å²) in [6.45, 7) is 1.79. The van der Waals surface area contributed by atoms with Gasteiger partial charge in [0.15, 0.2) is 10.8 Å². The Hall–Kier alpha value is -2.13. The third kappa shape index (κ3) is 1.73. The monoisotopic (exact) mass is 203 g/mol. The molecule has 2 aromatic rings. The van der Waals surface area contributed by atoms with Crippen molar-refractivity contribution >= 4 is 16.6 Å². The van der Waals surface area contributed by atoms with E-state index in [1.807, 2.05) is 0 Å². The van der Waals surface area contributed by atoms with Gasteiger partial charge < -0.3 is 0 Å². The second-order valence-corrected chi connectivity index (χ2v) is 3.14. The number of benzene rings is 1. The van der Waals surface area contributed by atoms with Crippen LogP contribution in [-0.2, 0) is 0 Å². The first-order valence-electron chi connectivity index (χ1n) is 4.35. The van der Waals surface area contributed by atoms with E-state index in [1.54, 1.807) is 19.1 Å². The Morgan fingerprint density at radius 1 is 1.40 bits per heavy atom. The van der Waals surface area contributed by atoms with Gasteiger partial charge in [0.05, 0.1) is 5.52 Å². The highest BCUT2D eigenvalue weighted by atomic mass is 19.1. The molecule has 4 nitrogen and oxygen atoms in total. The van der Waals surface area contributed by atoms with Crippen molar-refractivity contribution in [3.05, 3.63) is 35.8 Å². The van der Waals surface area contributed by atoms with E-state index < -0.39 is 0 Å². The normalized spacial score (nSPS) is 10.0. The summed E-state index contributed by atoms with van der Waals surface area (Å²) < 4.78 is 13.0. The third-order valence-electron chi connectivity index (χ3n) is 2.04. The van der Waals surface area contributed by atoms with Crippen LogP contribution in [0.15, 0.2) is 29.4 Å². The molecular weight excluding hydrogens is 195 g/mol. The van der Waals surface area contributed by atoms with Gasteiger partial charge in [-0.1, -0.05) is 0 Å². The molecule has 74 valence electrons. The summed E-state index contributed by atoms with van der Waals surface area (Å²) in [7, 11) is 0. The number of halogens is 1. The zero-order chi connectivity index (χ0) is 10.8. The largest absolute Gasteiger partial charge is 0.253 e. The fourth-order valence-electron chi connectivity index (χ4n) is 1.45. The highest BCUT2D eigenvalue weighted by molar-refractivity contribution is 5.89. The molecule has 1 aromatic heterocycles. The maximum Gasteiger partial charge on any atom is 0.220 e. The van der Waals surface area contributed by atoms with Crippen LogP contribution >= 0.6 is 0 Å². The van der Waals surface area contributed by atoms with Gasteiger partial charge in [-0.25, -0.2) is 4.39 Å². The van der Waals surface area contributed by atoms with Gasteiger partial charge in [0.1, 0.15) is 11.3 Å². The molecule has 15 heavy (non-hydrogen) atoms. The van der Waals surface area contributed by atoms with Gasteiger partial charge in [-0.15, -0.1) is 0 Å². The van der Waals surface area contributed by atoms with Crippen LogP contribution in [0.2, 0.25) is 0 Å². The van der Waals surface area contributed by atoms with E-state index in [4.69, 9.17) is 5.53 Å². The molecule has 0 unspecified atom stereocenters. The van der Waals surface area contributed by atoms with Crippen LogP contribution in [0.1, 0.15) is 5.69 Å². The Kier molecular flexibility index (Phi) is 2.23. The molecule has 1 heterocycles. The number of rotatable bonds is 1. The van der Waals surface area contributed by atoms with Crippen LogP contribution in [0.4, 0.5) is 10.1 Å². The van der Waals surface area contributed by atoms with E-state index >= 15 is 0 Å². The molecule has 1 aromatic carbocycles. The lowest BCUT2D eigenvalue weighted by molar-refractivity contribution is 0.629. The van der Waals surface area contributed by atoms with Crippen LogP contribution in [0, 0.1) is 18.3 Å². The predicted molar refractivity (Wildman–Crippen MR) is 53.4 cm³/mol. The number of nitrogens with one attached hydrogen (secondary N) is 1. The zero-order valence-corrected chi connectivity index (χ0v) is 8.03. The highest BCUT2D eigenvalue weighted by Crippen LogP contribution is 2.25. The van der Waals surface area contributed by atoms with Gasteiger partial charge in [-0.05, 0) is 25.1 Å². The summed E-state index contributed by atoms with van der Waals surface area (Å²) in [6.07, 6.45) is 0. The summed E-state index contributed by atoms with van der Waals surface area (Å²) in [6, 6.07) is 5.97. The van der Waals surface area contributed by atoms with Gasteiger partial charge >= 0.3 is 0 Å². The highest BCUT2D eigenvalue weighted by Gasteiger charge is 2.07. The van der Waals surface area contributed by atoms with E-state index in [9.17, 15) is 4.39 Å².